The van der Waals surface area contributed by atoms with Crippen LogP contribution in [0.15, 0.2) is 0 Å². The molecule has 5 unspecified atom stereocenters. The predicted molar refractivity (Wildman–Crippen MR) is 212 cm³/mol. The summed E-state index contributed by atoms with van der Waals surface area (Å²) >= 11 is 0. The topological polar surface area (TPSA) is 115 Å². The van der Waals surface area contributed by atoms with Gasteiger partial charge in [-0.15, -0.1) is 0 Å². The monoisotopic (exact) mass is 751 g/mol. The van der Waals surface area contributed by atoms with Crippen molar-refractivity contribution in [1.82, 2.24) is 0 Å². The molecule has 0 amide bonds. The fourth-order valence-corrected chi connectivity index (χ4v) is 19.0. The molecule has 18 atom stereocenters. The van der Waals surface area contributed by atoms with Gasteiger partial charge in [0.05, 0.1) is 11.7 Å². The first-order valence-electron chi connectivity index (χ1n) is 23.3. The van der Waals surface area contributed by atoms with E-state index in [4.69, 9.17) is 0 Å². The molecule has 0 heterocycles. The van der Waals surface area contributed by atoms with E-state index in [0.717, 1.165) is 75.5 Å². The minimum Gasteiger partial charge on any atom is -0.481 e. The van der Waals surface area contributed by atoms with Crippen molar-refractivity contribution in [3.63, 3.8) is 0 Å². The van der Waals surface area contributed by atoms with E-state index in [1.807, 2.05) is 0 Å². The summed E-state index contributed by atoms with van der Waals surface area (Å²) < 4.78 is 0. The lowest BCUT2D eigenvalue weighted by atomic mass is 9.34. The van der Waals surface area contributed by atoms with Gasteiger partial charge in [0.25, 0.3) is 0 Å². The van der Waals surface area contributed by atoms with Crippen molar-refractivity contribution in [3.05, 3.63) is 0 Å². The maximum atomic E-state index is 13.5. The maximum Gasteiger partial charge on any atom is 0.303 e. The summed E-state index contributed by atoms with van der Waals surface area (Å²) in [5, 5.41) is 43.9. The van der Waals surface area contributed by atoms with E-state index in [-0.39, 0.29) is 34.2 Å². The normalized spacial score (nSPS) is 53.5. The second-order valence-electron chi connectivity index (χ2n) is 23.0. The van der Waals surface area contributed by atoms with Crippen LogP contribution in [-0.4, -0.2) is 44.1 Å². The van der Waals surface area contributed by atoms with Gasteiger partial charge >= 0.3 is 11.9 Å². The van der Waals surface area contributed by atoms with Crippen molar-refractivity contribution in [2.75, 3.05) is 0 Å². The van der Waals surface area contributed by atoms with E-state index in [0.29, 0.717) is 59.2 Å². The molecule has 8 saturated carbocycles. The van der Waals surface area contributed by atoms with Crippen molar-refractivity contribution in [2.24, 2.45) is 92.2 Å². The molecule has 8 aliphatic rings. The molecule has 8 rings (SSSR count). The highest BCUT2D eigenvalue weighted by Gasteiger charge is 2.72. The Hall–Kier alpha value is -1.14. The zero-order valence-corrected chi connectivity index (χ0v) is 35.1. The van der Waals surface area contributed by atoms with Gasteiger partial charge in [0.2, 0.25) is 0 Å². The second kappa shape index (κ2) is 13.7. The molecule has 0 bridgehead atoms. The van der Waals surface area contributed by atoms with Crippen molar-refractivity contribution >= 4 is 11.9 Å². The summed E-state index contributed by atoms with van der Waals surface area (Å²) in [6, 6.07) is 0. The predicted octanol–water partition coefficient (Wildman–Crippen LogP) is 10.8. The number of aliphatic carboxylic acids is 2. The molecule has 0 radical (unpaired) electrons. The Balaban J connectivity index is 1.01. The number of carboxylic acids is 2. The fraction of sp³-hybridized carbons (Fsp3) is 0.958. The van der Waals surface area contributed by atoms with Crippen LogP contribution < -0.4 is 0 Å². The molecule has 8 fully saturated rings. The Morgan fingerprint density at radius 2 is 1.11 bits per heavy atom. The van der Waals surface area contributed by atoms with Gasteiger partial charge in [-0.2, -0.15) is 0 Å². The lowest BCUT2D eigenvalue weighted by Gasteiger charge is -2.72. The van der Waals surface area contributed by atoms with Crippen LogP contribution in [0.2, 0.25) is 0 Å². The summed E-state index contributed by atoms with van der Waals surface area (Å²) in [4.78, 5) is 22.9. The van der Waals surface area contributed by atoms with Crippen molar-refractivity contribution in [3.8, 4) is 0 Å². The second-order valence-corrected chi connectivity index (χ2v) is 23.0. The van der Waals surface area contributed by atoms with Crippen LogP contribution >= 0.6 is 0 Å². The highest BCUT2D eigenvalue weighted by molar-refractivity contribution is 5.66. The first-order chi connectivity index (χ1) is 25.4. The van der Waals surface area contributed by atoms with Gasteiger partial charge in [0.1, 0.15) is 0 Å². The number of aliphatic hydroxyl groups is 2. The third kappa shape index (κ3) is 5.71. The van der Waals surface area contributed by atoms with Crippen LogP contribution in [0.3, 0.4) is 0 Å². The molecular weight excluding hydrogens is 673 g/mol. The zero-order valence-electron chi connectivity index (χ0n) is 35.1. The molecule has 0 aromatic rings. The quantitative estimate of drug-likeness (QED) is 0.187. The van der Waals surface area contributed by atoms with Crippen molar-refractivity contribution < 1.29 is 30.0 Å². The molecule has 0 spiro atoms. The highest BCUT2D eigenvalue weighted by atomic mass is 16.4. The molecule has 6 nitrogen and oxygen atoms in total. The van der Waals surface area contributed by atoms with Gasteiger partial charge in [-0.3, -0.25) is 9.59 Å². The number of hydrogen-bond acceptors (Lipinski definition) is 4. The fourth-order valence-electron chi connectivity index (χ4n) is 19.0. The van der Waals surface area contributed by atoms with E-state index in [9.17, 15) is 30.0 Å². The van der Waals surface area contributed by atoms with Crippen LogP contribution in [0.4, 0.5) is 0 Å². The minimum absolute atomic E-state index is 0.0338. The van der Waals surface area contributed by atoms with Gasteiger partial charge in [0, 0.05) is 18.3 Å². The first-order valence-corrected chi connectivity index (χ1v) is 23.3. The van der Waals surface area contributed by atoms with Gasteiger partial charge < -0.3 is 20.4 Å². The number of aliphatic hydroxyl groups excluding tert-OH is 1. The van der Waals surface area contributed by atoms with Gasteiger partial charge in [-0.25, -0.2) is 0 Å². The first kappa shape index (κ1) is 39.7. The van der Waals surface area contributed by atoms with E-state index in [2.05, 4.69) is 41.5 Å². The van der Waals surface area contributed by atoms with Crippen LogP contribution in [0.25, 0.3) is 0 Å². The van der Waals surface area contributed by atoms with Gasteiger partial charge in [-0.1, -0.05) is 41.5 Å². The molecule has 8 aliphatic carbocycles. The Kier molecular flexibility index (Phi) is 10.1. The summed E-state index contributed by atoms with van der Waals surface area (Å²) in [5.74, 6) is 5.62. The largest absolute Gasteiger partial charge is 0.481 e. The molecule has 0 aromatic heterocycles. The van der Waals surface area contributed by atoms with Crippen LogP contribution in [0.5, 0.6) is 0 Å². The van der Waals surface area contributed by atoms with Gasteiger partial charge in [-0.05, 0) is 215 Å². The van der Waals surface area contributed by atoms with Crippen LogP contribution in [-0.2, 0) is 9.59 Å². The van der Waals surface area contributed by atoms with E-state index in [1.165, 1.54) is 70.6 Å². The van der Waals surface area contributed by atoms with Crippen molar-refractivity contribution in [2.45, 2.75) is 195 Å². The van der Waals surface area contributed by atoms with E-state index < -0.39 is 17.5 Å². The number of carbonyl (C=O) groups is 2. The highest BCUT2D eigenvalue weighted by Crippen LogP contribution is 2.77. The Morgan fingerprint density at radius 1 is 0.574 bits per heavy atom. The van der Waals surface area contributed by atoms with E-state index in [1.54, 1.807) is 0 Å². The van der Waals surface area contributed by atoms with Crippen LogP contribution in [0, 0.1) is 92.2 Å². The zero-order chi connectivity index (χ0) is 38.6. The molecule has 54 heavy (non-hydrogen) atoms. The molecule has 0 saturated heterocycles. The van der Waals surface area contributed by atoms with Gasteiger partial charge in [0.15, 0.2) is 0 Å². The molecular formula is C48H78O6. The van der Waals surface area contributed by atoms with Crippen molar-refractivity contribution in [1.29, 1.82) is 0 Å². The number of fused-ring (bicyclic) bond motifs is 10. The summed E-state index contributed by atoms with van der Waals surface area (Å²) in [5.41, 5.74) is -0.0288. The minimum atomic E-state index is -0.726. The summed E-state index contributed by atoms with van der Waals surface area (Å²) in [7, 11) is 0. The molecule has 0 aromatic carbocycles. The third-order valence-electron chi connectivity index (χ3n) is 21.6. The number of rotatable bonds is 9. The lowest BCUT2D eigenvalue weighted by Crippen LogP contribution is -2.69. The Morgan fingerprint density at radius 3 is 1.69 bits per heavy atom. The third-order valence-corrected chi connectivity index (χ3v) is 21.6. The van der Waals surface area contributed by atoms with E-state index >= 15 is 0 Å². The maximum absolute atomic E-state index is 13.5. The smallest absolute Gasteiger partial charge is 0.303 e. The van der Waals surface area contributed by atoms with Crippen LogP contribution in [0.1, 0.15) is 183 Å². The molecule has 4 N–H and O–H groups in total. The standard InChI is InChI=1S/C48H78O6/c1-29(7-15-41(50)51)35-11-13-37-33-10-9-31-27-48(54,26-25-43(31,3)39(33)19-21-44(35,37)4)47-24-18-34-38-14-12-36(30(2)8-16-42(52)53)45(38,5)22-20-40(34)46(47,6)23-17-32(49)28-47/h29-40,49,54H,7-28H2,1-6H3,(H,50,51)(H,52,53)/t29-,30-,31?,32-,33?,34+,35-,36-,37?,38+,39?,40+,43+,44-,45-,46-,47?,48+/m1/s1. The molecule has 306 valence electrons. The Labute approximate surface area is 327 Å². The average molecular weight is 751 g/mol. The molecule has 0 aliphatic heterocycles. The lowest BCUT2D eigenvalue weighted by molar-refractivity contribution is -0.278. The Bertz CT molecular complexity index is 1450. The SMILES string of the molecule is C[C@H](CCC(=O)O)[C@H]1CC[C@H]2[C@@H]3CCC4([C@]5(O)CC[C@@]6(C)C(CCC7C6CC[C@@]6(C)C7CC[C@@H]6[C@H](C)CCC(=O)O)C5)C[C@H](O)CC[C@]4(C)[C@H]3CC[C@]12C. The number of hydrogen-bond donors (Lipinski definition) is 4. The summed E-state index contributed by atoms with van der Waals surface area (Å²) in [6.45, 7) is 15.0. The summed E-state index contributed by atoms with van der Waals surface area (Å²) in [6.07, 6.45) is 22.4. The molecule has 6 heteroatoms. The number of carboxylic acid groups (broad SMARTS) is 2. The average Bonchev–Trinajstić information content (AvgIpc) is 3.67.